The fourth-order valence-corrected chi connectivity index (χ4v) is 4.59. The summed E-state index contributed by atoms with van der Waals surface area (Å²) in [6, 6.07) is 6.41. The van der Waals surface area contributed by atoms with Crippen LogP contribution in [0.25, 0.3) is 0 Å². The van der Waals surface area contributed by atoms with Crippen LogP contribution in [0.1, 0.15) is 27.2 Å². The van der Waals surface area contributed by atoms with E-state index >= 15 is 0 Å². The molecule has 2 aliphatic rings. The van der Waals surface area contributed by atoms with Gasteiger partial charge in [-0.3, -0.25) is 9.59 Å². The number of thiophene rings is 1. The van der Waals surface area contributed by atoms with Gasteiger partial charge in [0.25, 0.3) is 11.8 Å². The molecule has 0 aliphatic carbocycles. The van der Waals surface area contributed by atoms with Gasteiger partial charge in [-0.05, 0) is 61.3 Å². The lowest BCUT2D eigenvalue weighted by Gasteiger charge is -2.27. The van der Waals surface area contributed by atoms with Gasteiger partial charge in [0, 0.05) is 13.0 Å². The van der Waals surface area contributed by atoms with E-state index in [4.69, 9.17) is 16.3 Å². The number of rotatable bonds is 4. The van der Waals surface area contributed by atoms with Crippen molar-refractivity contribution in [3.8, 4) is 0 Å². The summed E-state index contributed by atoms with van der Waals surface area (Å²) in [5.41, 5.74) is 0.831. The van der Waals surface area contributed by atoms with Gasteiger partial charge in [0.15, 0.2) is 0 Å². The Morgan fingerprint density at radius 3 is 2.62 bits per heavy atom. The van der Waals surface area contributed by atoms with Crippen molar-refractivity contribution in [2.45, 2.75) is 24.8 Å². The Bertz CT molecular complexity index is 943. The molecule has 3 N–H and O–H groups in total. The number of ether oxygens (including phenoxy) is 1. The van der Waals surface area contributed by atoms with E-state index in [0.29, 0.717) is 22.2 Å². The number of benzene rings is 1. The number of carbonyl (C=O) groups is 2. The molecule has 2 amide bonds. The number of hydrogen-bond donors (Lipinski definition) is 3. The number of halogens is 2. The smallest absolute Gasteiger partial charge is 0.262 e. The molecule has 1 aromatic carbocycles. The molecule has 4 rings (SSSR count). The summed E-state index contributed by atoms with van der Waals surface area (Å²) in [6.07, 6.45) is 1.82. The maximum absolute atomic E-state index is 14.6. The van der Waals surface area contributed by atoms with Crippen LogP contribution in [-0.4, -0.2) is 43.7 Å². The van der Waals surface area contributed by atoms with Gasteiger partial charge >= 0.3 is 0 Å². The van der Waals surface area contributed by atoms with Crippen molar-refractivity contribution < 1.29 is 18.7 Å². The van der Waals surface area contributed by atoms with Crippen LogP contribution in [0.2, 0.25) is 4.34 Å². The van der Waals surface area contributed by atoms with E-state index < -0.39 is 23.2 Å². The summed E-state index contributed by atoms with van der Waals surface area (Å²) < 4.78 is 20.5. The SMILES string of the molecule is O=C(N[C@]1(C(=O)Nc2cc3c(cc2F)CCNCC3)CCOC1)c1ccc(Cl)s1. The Morgan fingerprint density at radius 1 is 1.21 bits per heavy atom. The first-order valence-electron chi connectivity index (χ1n) is 9.46. The lowest BCUT2D eigenvalue weighted by Crippen LogP contribution is -2.57. The van der Waals surface area contributed by atoms with Gasteiger partial charge in [-0.2, -0.15) is 0 Å². The molecule has 0 saturated carbocycles. The van der Waals surface area contributed by atoms with Crippen LogP contribution in [0.4, 0.5) is 10.1 Å². The van der Waals surface area contributed by atoms with Crippen molar-refractivity contribution in [1.29, 1.82) is 0 Å². The molecule has 2 aromatic rings. The molecular formula is C20H21ClFN3O3S. The zero-order valence-corrected chi connectivity index (χ0v) is 17.2. The van der Waals surface area contributed by atoms with Gasteiger partial charge in [-0.15, -0.1) is 11.3 Å². The highest BCUT2D eigenvalue weighted by molar-refractivity contribution is 7.18. The van der Waals surface area contributed by atoms with E-state index in [-0.39, 0.29) is 12.3 Å². The molecule has 1 saturated heterocycles. The van der Waals surface area contributed by atoms with Crippen molar-refractivity contribution in [3.63, 3.8) is 0 Å². The number of amides is 2. The minimum atomic E-state index is -1.26. The van der Waals surface area contributed by atoms with Gasteiger partial charge in [-0.25, -0.2) is 4.39 Å². The number of anilines is 1. The highest BCUT2D eigenvalue weighted by Gasteiger charge is 2.44. The molecule has 6 nitrogen and oxygen atoms in total. The maximum Gasteiger partial charge on any atom is 0.262 e. The number of fused-ring (bicyclic) bond motifs is 1. The number of nitrogens with one attached hydrogen (secondary N) is 3. The normalized spacial score (nSPS) is 21.3. The van der Waals surface area contributed by atoms with Crippen molar-refractivity contribution >= 4 is 40.4 Å². The summed E-state index contributed by atoms with van der Waals surface area (Å²) in [7, 11) is 0. The van der Waals surface area contributed by atoms with Crippen LogP contribution in [-0.2, 0) is 22.4 Å². The van der Waals surface area contributed by atoms with Crippen molar-refractivity contribution in [2.24, 2.45) is 0 Å². The molecule has 29 heavy (non-hydrogen) atoms. The Labute approximate surface area is 176 Å². The summed E-state index contributed by atoms with van der Waals surface area (Å²) in [5.74, 6) is -1.38. The highest BCUT2D eigenvalue weighted by Crippen LogP contribution is 2.27. The van der Waals surface area contributed by atoms with E-state index in [9.17, 15) is 14.0 Å². The fourth-order valence-electron chi connectivity index (χ4n) is 3.65. The zero-order chi connectivity index (χ0) is 20.4. The van der Waals surface area contributed by atoms with Crippen LogP contribution < -0.4 is 16.0 Å². The van der Waals surface area contributed by atoms with Gasteiger partial charge < -0.3 is 20.7 Å². The second-order valence-corrected chi connectivity index (χ2v) is 8.96. The third kappa shape index (κ3) is 4.30. The molecule has 0 spiro atoms. The van der Waals surface area contributed by atoms with E-state index in [0.717, 1.165) is 48.4 Å². The Hall–Kier alpha value is -2.00. The van der Waals surface area contributed by atoms with Gasteiger partial charge in [0.2, 0.25) is 0 Å². The Balaban J connectivity index is 1.55. The molecule has 3 heterocycles. The molecule has 9 heteroatoms. The largest absolute Gasteiger partial charge is 0.378 e. The standard InChI is InChI=1S/C20H21ClFN3O3S/c21-17-2-1-16(29-17)18(26)25-20(5-8-28-11-20)19(27)24-15-10-13-4-7-23-6-3-12(13)9-14(15)22/h1-2,9-10,23H,3-8,11H2,(H,24,27)(H,25,26)/t20-/m1/s1. The topological polar surface area (TPSA) is 79.5 Å². The van der Waals surface area contributed by atoms with Crippen LogP contribution in [0.5, 0.6) is 0 Å². The summed E-state index contributed by atoms with van der Waals surface area (Å²) in [4.78, 5) is 26.1. The third-order valence-electron chi connectivity index (χ3n) is 5.29. The monoisotopic (exact) mass is 437 g/mol. The molecular weight excluding hydrogens is 417 g/mol. The summed E-state index contributed by atoms with van der Waals surface area (Å²) >= 11 is 7.03. The molecule has 1 fully saturated rings. The summed E-state index contributed by atoms with van der Waals surface area (Å²) in [6.45, 7) is 1.97. The van der Waals surface area contributed by atoms with Crippen LogP contribution in [0.3, 0.4) is 0 Å². The molecule has 2 aliphatic heterocycles. The highest BCUT2D eigenvalue weighted by atomic mass is 35.5. The molecule has 0 unspecified atom stereocenters. The molecule has 1 atom stereocenters. The number of carbonyl (C=O) groups excluding carboxylic acids is 2. The first-order valence-corrected chi connectivity index (χ1v) is 10.7. The maximum atomic E-state index is 14.6. The van der Waals surface area contributed by atoms with E-state index in [1.807, 2.05) is 0 Å². The minimum absolute atomic E-state index is 0.0279. The predicted octanol–water partition coefficient (Wildman–Crippen LogP) is 2.76. The zero-order valence-electron chi connectivity index (χ0n) is 15.6. The van der Waals surface area contributed by atoms with Gasteiger partial charge in [0.05, 0.1) is 21.5 Å². The fraction of sp³-hybridized carbons (Fsp3) is 0.400. The predicted molar refractivity (Wildman–Crippen MR) is 110 cm³/mol. The number of hydrogen-bond acceptors (Lipinski definition) is 5. The molecule has 154 valence electrons. The minimum Gasteiger partial charge on any atom is -0.378 e. The van der Waals surface area contributed by atoms with E-state index in [1.54, 1.807) is 18.2 Å². The van der Waals surface area contributed by atoms with Crippen LogP contribution in [0, 0.1) is 5.82 Å². The Kier molecular flexibility index (Phi) is 5.87. The summed E-state index contributed by atoms with van der Waals surface area (Å²) in [5, 5.41) is 8.73. The second kappa shape index (κ2) is 8.39. The molecule has 1 aromatic heterocycles. The van der Waals surface area contributed by atoms with E-state index in [2.05, 4.69) is 16.0 Å². The van der Waals surface area contributed by atoms with E-state index in [1.165, 1.54) is 6.07 Å². The van der Waals surface area contributed by atoms with Crippen molar-refractivity contribution in [1.82, 2.24) is 10.6 Å². The van der Waals surface area contributed by atoms with Gasteiger partial charge in [-0.1, -0.05) is 11.6 Å². The second-order valence-electron chi connectivity index (χ2n) is 7.25. The van der Waals surface area contributed by atoms with Crippen LogP contribution >= 0.6 is 22.9 Å². The van der Waals surface area contributed by atoms with Crippen LogP contribution in [0.15, 0.2) is 24.3 Å². The molecule has 0 radical (unpaired) electrons. The average Bonchev–Trinajstić information content (AvgIpc) is 3.28. The lowest BCUT2D eigenvalue weighted by atomic mass is 9.96. The van der Waals surface area contributed by atoms with Crippen molar-refractivity contribution in [2.75, 3.05) is 31.6 Å². The third-order valence-corrected chi connectivity index (χ3v) is 6.52. The van der Waals surface area contributed by atoms with Crippen molar-refractivity contribution in [3.05, 3.63) is 50.4 Å². The average molecular weight is 438 g/mol. The molecule has 0 bridgehead atoms. The first kappa shape index (κ1) is 20.3. The Morgan fingerprint density at radius 2 is 1.97 bits per heavy atom. The first-order chi connectivity index (χ1) is 14.0. The lowest BCUT2D eigenvalue weighted by molar-refractivity contribution is -0.122. The van der Waals surface area contributed by atoms with Gasteiger partial charge in [0.1, 0.15) is 11.4 Å². The quantitative estimate of drug-likeness (QED) is 0.687.